The van der Waals surface area contributed by atoms with Gasteiger partial charge in [-0.05, 0) is 43.5 Å². The predicted molar refractivity (Wildman–Crippen MR) is 130 cm³/mol. The van der Waals surface area contributed by atoms with E-state index in [1.54, 1.807) is 43.3 Å². The van der Waals surface area contributed by atoms with Crippen molar-refractivity contribution >= 4 is 5.97 Å². The van der Waals surface area contributed by atoms with Gasteiger partial charge in [-0.15, -0.1) is 0 Å². The Bertz CT molecular complexity index is 1380. The van der Waals surface area contributed by atoms with E-state index in [4.69, 9.17) is 4.74 Å². The molecule has 0 aliphatic carbocycles. The zero-order valence-electron chi connectivity index (χ0n) is 21.0. The maximum absolute atomic E-state index is 14.3. The lowest BCUT2D eigenvalue weighted by Crippen LogP contribution is -2.42. The first-order chi connectivity index (χ1) is 17.8. The third-order valence-electron chi connectivity index (χ3n) is 6.06. The smallest absolute Gasteiger partial charge is 0.458 e. The van der Waals surface area contributed by atoms with E-state index in [2.05, 4.69) is 4.98 Å². The first-order valence-corrected chi connectivity index (χ1v) is 11.9. The number of nitrogens with zero attached hydrogens (tertiary/aromatic N) is 2. The third-order valence-corrected chi connectivity index (χ3v) is 6.06. The Kier molecular flexibility index (Phi) is 8.58. The number of rotatable bonds is 10. The standard InChI is InChI=1S/C27H27F5N2O4/c1-4-5-10-22-33-17(3)23(26(28,29)27(30,31)32)24(35)34(22)14-18-11-12-21(16(2)13-18)38-15-19-8-6-7-9-20(19)25(36)37/h6-9,11-13H,4-5,10,14-15H2,1-3H3,(H,36,37). The number of hydrogen-bond donors (Lipinski definition) is 1. The Morgan fingerprint density at radius 3 is 2.37 bits per heavy atom. The maximum Gasteiger partial charge on any atom is 0.458 e. The maximum atomic E-state index is 14.3. The highest BCUT2D eigenvalue weighted by Gasteiger charge is 2.61. The number of hydrogen-bond acceptors (Lipinski definition) is 4. The van der Waals surface area contributed by atoms with E-state index < -0.39 is 34.9 Å². The highest BCUT2D eigenvalue weighted by molar-refractivity contribution is 5.89. The Balaban J connectivity index is 1.95. The number of benzene rings is 2. The van der Waals surface area contributed by atoms with Crippen molar-refractivity contribution in [1.29, 1.82) is 0 Å². The van der Waals surface area contributed by atoms with Gasteiger partial charge < -0.3 is 9.84 Å². The molecule has 2 aromatic carbocycles. The molecule has 3 rings (SSSR count). The van der Waals surface area contributed by atoms with E-state index in [1.807, 2.05) is 6.92 Å². The van der Waals surface area contributed by atoms with E-state index in [0.29, 0.717) is 35.3 Å². The van der Waals surface area contributed by atoms with Crippen LogP contribution in [0.3, 0.4) is 0 Å². The zero-order valence-corrected chi connectivity index (χ0v) is 21.0. The molecule has 0 amide bonds. The molecule has 6 nitrogen and oxygen atoms in total. The molecular formula is C27H27F5N2O4. The van der Waals surface area contributed by atoms with Gasteiger partial charge in [0.15, 0.2) is 0 Å². The quantitative estimate of drug-likeness (QED) is 0.312. The van der Waals surface area contributed by atoms with Crippen molar-refractivity contribution in [3.63, 3.8) is 0 Å². The molecule has 0 radical (unpaired) electrons. The van der Waals surface area contributed by atoms with Crippen LogP contribution < -0.4 is 10.3 Å². The van der Waals surface area contributed by atoms with Gasteiger partial charge >= 0.3 is 18.1 Å². The summed E-state index contributed by atoms with van der Waals surface area (Å²) in [6.45, 7) is 4.25. The lowest BCUT2D eigenvalue weighted by molar-refractivity contribution is -0.290. The molecule has 1 heterocycles. The molecule has 0 saturated heterocycles. The van der Waals surface area contributed by atoms with Crippen LogP contribution in [-0.4, -0.2) is 26.8 Å². The minimum Gasteiger partial charge on any atom is -0.489 e. The topological polar surface area (TPSA) is 81.4 Å². The summed E-state index contributed by atoms with van der Waals surface area (Å²) in [5.41, 5.74) is -2.15. The van der Waals surface area contributed by atoms with Gasteiger partial charge in [0.2, 0.25) is 0 Å². The second-order valence-corrected chi connectivity index (χ2v) is 8.91. The predicted octanol–water partition coefficient (Wildman–Crippen LogP) is 6.18. The molecule has 0 aliphatic heterocycles. The zero-order chi connectivity index (χ0) is 28.3. The molecule has 38 heavy (non-hydrogen) atoms. The molecular weight excluding hydrogens is 511 g/mol. The van der Waals surface area contributed by atoms with Crippen molar-refractivity contribution in [3.05, 3.63) is 92.2 Å². The lowest BCUT2D eigenvalue weighted by Gasteiger charge is -2.23. The number of aryl methyl sites for hydroxylation is 3. The Hall–Kier alpha value is -3.76. The second kappa shape index (κ2) is 11.3. The van der Waals surface area contributed by atoms with Crippen molar-refractivity contribution in [1.82, 2.24) is 9.55 Å². The number of aromatic nitrogens is 2. The minimum absolute atomic E-state index is 0.0267. The summed E-state index contributed by atoms with van der Waals surface area (Å²) < 4.78 is 74.6. The molecule has 0 saturated carbocycles. The van der Waals surface area contributed by atoms with E-state index in [1.165, 1.54) is 6.07 Å². The van der Waals surface area contributed by atoms with Gasteiger partial charge in [-0.1, -0.05) is 43.7 Å². The number of carboxylic acid groups (broad SMARTS) is 1. The first-order valence-electron chi connectivity index (χ1n) is 11.9. The van der Waals surface area contributed by atoms with Crippen LogP contribution in [0.1, 0.15) is 63.9 Å². The molecule has 11 heteroatoms. The molecule has 204 valence electrons. The van der Waals surface area contributed by atoms with Gasteiger partial charge in [0.25, 0.3) is 5.56 Å². The van der Waals surface area contributed by atoms with E-state index in [-0.39, 0.29) is 31.0 Å². The van der Waals surface area contributed by atoms with Crippen molar-refractivity contribution < 1.29 is 36.6 Å². The minimum atomic E-state index is -5.95. The highest BCUT2D eigenvalue weighted by Crippen LogP contribution is 2.43. The van der Waals surface area contributed by atoms with Gasteiger partial charge in [-0.25, -0.2) is 9.78 Å². The molecule has 0 unspecified atom stereocenters. The van der Waals surface area contributed by atoms with Crippen LogP contribution in [0.5, 0.6) is 5.75 Å². The van der Waals surface area contributed by atoms with Gasteiger partial charge in [0, 0.05) is 12.0 Å². The van der Waals surface area contributed by atoms with Crippen LogP contribution in [0.25, 0.3) is 0 Å². The number of unbranched alkanes of at least 4 members (excludes halogenated alkanes) is 1. The number of carbonyl (C=O) groups is 1. The summed E-state index contributed by atoms with van der Waals surface area (Å²) in [4.78, 5) is 28.4. The van der Waals surface area contributed by atoms with Crippen LogP contribution in [0.2, 0.25) is 0 Å². The molecule has 0 fully saturated rings. The SMILES string of the molecule is CCCCc1nc(C)c(C(F)(F)C(F)(F)F)c(=O)n1Cc1ccc(OCc2ccccc2C(=O)O)c(C)c1. The van der Waals surface area contributed by atoms with E-state index in [0.717, 1.165) is 11.5 Å². The van der Waals surface area contributed by atoms with Crippen molar-refractivity contribution in [2.45, 2.75) is 65.3 Å². The Labute approximate surface area is 215 Å². The number of alkyl halides is 5. The normalized spacial score (nSPS) is 12.0. The summed E-state index contributed by atoms with van der Waals surface area (Å²) in [5, 5.41) is 9.33. The van der Waals surface area contributed by atoms with E-state index in [9.17, 15) is 36.6 Å². The van der Waals surface area contributed by atoms with Gasteiger partial charge in [-0.3, -0.25) is 9.36 Å². The monoisotopic (exact) mass is 538 g/mol. The molecule has 0 bridgehead atoms. The third kappa shape index (κ3) is 6.03. The van der Waals surface area contributed by atoms with Crippen LogP contribution in [-0.2, 0) is 25.5 Å². The van der Waals surface area contributed by atoms with Crippen LogP contribution in [0.4, 0.5) is 22.0 Å². The van der Waals surface area contributed by atoms with Crippen LogP contribution in [0.15, 0.2) is 47.3 Å². The van der Waals surface area contributed by atoms with Gasteiger partial charge in [-0.2, -0.15) is 22.0 Å². The van der Waals surface area contributed by atoms with E-state index >= 15 is 0 Å². The summed E-state index contributed by atoms with van der Waals surface area (Å²) in [5.74, 6) is -5.91. The van der Waals surface area contributed by atoms with Gasteiger partial charge in [0.05, 0.1) is 17.8 Å². The Morgan fingerprint density at radius 2 is 1.76 bits per heavy atom. The number of halogens is 5. The second-order valence-electron chi connectivity index (χ2n) is 8.91. The molecule has 0 spiro atoms. The first kappa shape index (κ1) is 28.8. The molecule has 1 aromatic heterocycles. The fourth-order valence-electron chi connectivity index (χ4n) is 4.07. The van der Waals surface area contributed by atoms with Crippen molar-refractivity contribution in [2.75, 3.05) is 0 Å². The molecule has 3 aromatic rings. The summed E-state index contributed by atoms with van der Waals surface area (Å²) >= 11 is 0. The van der Waals surface area contributed by atoms with Gasteiger partial charge in [0.1, 0.15) is 23.7 Å². The average Bonchev–Trinajstić information content (AvgIpc) is 2.83. The summed E-state index contributed by atoms with van der Waals surface area (Å²) in [7, 11) is 0. The molecule has 0 atom stereocenters. The van der Waals surface area contributed by atoms with Crippen molar-refractivity contribution in [3.8, 4) is 5.75 Å². The summed E-state index contributed by atoms with van der Waals surface area (Å²) in [6.07, 6.45) is -4.46. The number of aromatic carboxylic acids is 1. The summed E-state index contributed by atoms with van der Waals surface area (Å²) in [6, 6.07) is 11.1. The largest absolute Gasteiger partial charge is 0.489 e. The van der Waals surface area contributed by atoms with Crippen LogP contribution >= 0.6 is 0 Å². The fourth-order valence-corrected chi connectivity index (χ4v) is 4.07. The lowest BCUT2D eigenvalue weighted by atomic mass is 10.1. The van der Waals surface area contributed by atoms with Crippen LogP contribution in [0, 0.1) is 13.8 Å². The Morgan fingerprint density at radius 1 is 1.08 bits per heavy atom. The average molecular weight is 539 g/mol. The fraction of sp³-hybridized carbons (Fsp3) is 0.370. The van der Waals surface area contributed by atoms with Crippen molar-refractivity contribution in [2.24, 2.45) is 0 Å². The molecule has 0 aliphatic rings. The highest BCUT2D eigenvalue weighted by atomic mass is 19.4. The number of ether oxygens (including phenoxy) is 1. The number of carboxylic acids is 1. The molecule has 1 N–H and O–H groups in total.